The van der Waals surface area contributed by atoms with Crippen LogP contribution in [0.3, 0.4) is 0 Å². The van der Waals surface area contributed by atoms with Gasteiger partial charge in [0.15, 0.2) is 0 Å². The Bertz CT molecular complexity index is 560. The van der Waals surface area contributed by atoms with Crippen LogP contribution in [-0.4, -0.2) is 0 Å². The largest absolute Gasteiger partial charge is 0.0587 e. The van der Waals surface area contributed by atoms with E-state index in [2.05, 4.69) is 46.8 Å². The summed E-state index contributed by atoms with van der Waals surface area (Å²) in [6.07, 6.45) is 14.2. The van der Waals surface area contributed by atoms with Gasteiger partial charge >= 0.3 is 0 Å². The van der Waals surface area contributed by atoms with Crippen LogP contribution in [0.5, 0.6) is 0 Å². The Morgan fingerprint density at radius 3 is 1.64 bits per heavy atom. The van der Waals surface area contributed by atoms with Crippen LogP contribution in [0.25, 0.3) is 0 Å². The zero-order valence-electron chi connectivity index (χ0n) is 17.5. The average Bonchev–Trinajstić information content (AvgIpc) is 2.61. The summed E-state index contributed by atoms with van der Waals surface area (Å²) in [5.41, 5.74) is 6.99. The van der Waals surface area contributed by atoms with Crippen LogP contribution >= 0.6 is 0 Å². The molecule has 1 aromatic rings. The molecule has 0 aromatic heterocycles. The van der Waals surface area contributed by atoms with E-state index in [0.717, 1.165) is 11.8 Å². The standard InChI is InChI=1S/C25H40/c1-18(2)21-16-23(20-14-10-7-11-15-20)24(25(3,4)5)17-22(21)19-12-8-6-9-13-19/h16-20H,6-15H2,1-5H3. The highest BCUT2D eigenvalue weighted by Gasteiger charge is 2.28. The summed E-state index contributed by atoms with van der Waals surface area (Å²) in [5, 5.41) is 0. The third-order valence-corrected chi connectivity index (χ3v) is 6.78. The predicted molar refractivity (Wildman–Crippen MR) is 111 cm³/mol. The van der Waals surface area contributed by atoms with Gasteiger partial charge in [-0.1, -0.05) is 85.3 Å². The second-order valence-corrected chi connectivity index (χ2v) is 10.1. The van der Waals surface area contributed by atoms with Gasteiger partial charge in [-0.25, -0.2) is 0 Å². The molecule has 2 aliphatic rings. The first-order chi connectivity index (χ1) is 11.9. The zero-order valence-corrected chi connectivity index (χ0v) is 17.5. The molecule has 0 atom stereocenters. The van der Waals surface area contributed by atoms with E-state index < -0.39 is 0 Å². The topological polar surface area (TPSA) is 0 Å². The molecule has 0 unspecified atom stereocenters. The van der Waals surface area contributed by atoms with E-state index in [4.69, 9.17) is 0 Å². The Labute approximate surface area is 156 Å². The molecule has 0 radical (unpaired) electrons. The van der Waals surface area contributed by atoms with Crippen LogP contribution in [0, 0.1) is 0 Å². The van der Waals surface area contributed by atoms with Gasteiger partial charge in [-0.15, -0.1) is 0 Å². The Morgan fingerprint density at radius 1 is 0.720 bits per heavy atom. The van der Waals surface area contributed by atoms with Crippen molar-refractivity contribution in [3.63, 3.8) is 0 Å². The molecule has 0 aliphatic heterocycles. The van der Waals surface area contributed by atoms with Gasteiger partial charge in [0.1, 0.15) is 0 Å². The predicted octanol–water partition coefficient (Wildman–Crippen LogP) is 8.20. The van der Waals surface area contributed by atoms with E-state index in [9.17, 15) is 0 Å². The Balaban J connectivity index is 2.09. The second-order valence-electron chi connectivity index (χ2n) is 10.1. The van der Waals surface area contributed by atoms with Gasteiger partial charge in [-0.2, -0.15) is 0 Å². The summed E-state index contributed by atoms with van der Waals surface area (Å²) in [6, 6.07) is 5.35. The van der Waals surface area contributed by atoms with Crippen LogP contribution < -0.4 is 0 Å². The van der Waals surface area contributed by atoms with Crippen LogP contribution in [0.2, 0.25) is 0 Å². The highest BCUT2D eigenvalue weighted by atomic mass is 14.3. The highest BCUT2D eigenvalue weighted by molar-refractivity contribution is 5.46. The van der Waals surface area contributed by atoms with E-state index in [1.807, 2.05) is 0 Å². The molecule has 2 saturated carbocycles. The monoisotopic (exact) mass is 340 g/mol. The summed E-state index contributed by atoms with van der Waals surface area (Å²) >= 11 is 0. The van der Waals surface area contributed by atoms with Crippen molar-refractivity contribution in [3.8, 4) is 0 Å². The van der Waals surface area contributed by atoms with Crippen LogP contribution in [0.4, 0.5) is 0 Å². The molecular weight excluding hydrogens is 300 g/mol. The SMILES string of the molecule is CC(C)c1cc(C2CCCCC2)c(C(C)(C)C)cc1C1CCCCC1. The molecule has 0 heteroatoms. The fourth-order valence-corrected chi connectivity index (χ4v) is 5.32. The van der Waals surface area contributed by atoms with Crippen molar-refractivity contribution in [1.82, 2.24) is 0 Å². The molecule has 0 heterocycles. The minimum atomic E-state index is 0.256. The maximum absolute atomic E-state index is 2.68. The molecule has 2 fully saturated rings. The second kappa shape index (κ2) is 7.85. The van der Waals surface area contributed by atoms with Crippen LogP contribution in [0.15, 0.2) is 12.1 Å². The van der Waals surface area contributed by atoms with Gasteiger partial charge in [-0.3, -0.25) is 0 Å². The number of hydrogen-bond acceptors (Lipinski definition) is 0. The van der Waals surface area contributed by atoms with Gasteiger partial charge < -0.3 is 0 Å². The maximum atomic E-state index is 2.68. The fraction of sp³-hybridized carbons (Fsp3) is 0.760. The van der Waals surface area contributed by atoms with Crippen molar-refractivity contribution < 1.29 is 0 Å². The van der Waals surface area contributed by atoms with E-state index in [1.165, 1.54) is 64.2 Å². The molecule has 0 N–H and O–H groups in total. The summed E-state index contributed by atoms with van der Waals surface area (Å²) in [5.74, 6) is 2.27. The normalized spacial score (nSPS) is 21.0. The Hall–Kier alpha value is -0.780. The molecule has 0 spiro atoms. The summed E-state index contributed by atoms with van der Waals surface area (Å²) in [4.78, 5) is 0. The minimum absolute atomic E-state index is 0.256. The van der Waals surface area contributed by atoms with E-state index >= 15 is 0 Å². The third-order valence-electron chi connectivity index (χ3n) is 6.78. The fourth-order valence-electron chi connectivity index (χ4n) is 5.32. The quantitative estimate of drug-likeness (QED) is 0.520. The van der Waals surface area contributed by atoms with Crippen molar-refractivity contribution in [2.45, 2.75) is 122 Å². The first-order valence-corrected chi connectivity index (χ1v) is 11.1. The summed E-state index contributed by atoms with van der Waals surface area (Å²) in [7, 11) is 0. The van der Waals surface area contributed by atoms with Gasteiger partial charge in [0.25, 0.3) is 0 Å². The van der Waals surface area contributed by atoms with E-state index in [1.54, 1.807) is 22.3 Å². The highest BCUT2D eigenvalue weighted by Crippen LogP contribution is 2.44. The molecule has 25 heavy (non-hydrogen) atoms. The third kappa shape index (κ3) is 4.32. The smallest absolute Gasteiger partial charge is 0.0129 e. The summed E-state index contributed by atoms with van der Waals surface area (Å²) in [6.45, 7) is 12.1. The van der Waals surface area contributed by atoms with Crippen LogP contribution in [-0.2, 0) is 5.41 Å². The van der Waals surface area contributed by atoms with Gasteiger partial charge in [-0.05, 0) is 71.1 Å². The molecular formula is C25H40. The number of benzene rings is 1. The van der Waals surface area contributed by atoms with Crippen molar-refractivity contribution in [2.24, 2.45) is 0 Å². The van der Waals surface area contributed by atoms with Crippen molar-refractivity contribution in [1.29, 1.82) is 0 Å². The van der Waals surface area contributed by atoms with Gasteiger partial charge in [0.05, 0.1) is 0 Å². The number of rotatable bonds is 3. The molecule has 1 aromatic carbocycles. The van der Waals surface area contributed by atoms with Crippen molar-refractivity contribution in [3.05, 3.63) is 34.4 Å². The first kappa shape index (κ1) is 19.0. The molecule has 3 rings (SSSR count). The van der Waals surface area contributed by atoms with Gasteiger partial charge in [0.2, 0.25) is 0 Å². The number of hydrogen-bond donors (Lipinski definition) is 0. The van der Waals surface area contributed by atoms with Crippen molar-refractivity contribution >= 4 is 0 Å². The van der Waals surface area contributed by atoms with Crippen molar-refractivity contribution in [2.75, 3.05) is 0 Å². The zero-order chi connectivity index (χ0) is 18.0. The molecule has 140 valence electrons. The lowest BCUT2D eigenvalue weighted by atomic mass is 9.71. The summed E-state index contributed by atoms with van der Waals surface area (Å²) < 4.78 is 0. The maximum Gasteiger partial charge on any atom is -0.0129 e. The van der Waals surface area contributed by atoms with E-state index in [-0.39, 0.29) is 5.41 Å². The average molecular weight is 341 g/mol. The molecule has 0 amide bonds. The lowest BCUT2D eigenvalue weighted by Crippen LogP contribution is -2.20. The first-order valence-electron chi connectivity index (χ1n) is 11.1. The lowest BCUT2D eigenvalue weighted by Gasteiger charge is -2.34. The Kier molecular flexibility index (Phi) is 5.96. The minimum Gasteiger partial charge on any atom is -0.0587 e. The lowest BCUT2D eigenvalue weighted by molar-refractivity contribution is 0.428. The molecule has 0 saturated heterocycles. The van der Waals surface area contributed by atoms with E-state index in [0.29, 0.717) is 5.92 Å². The Morgan fingerprint density at radius 2 is 1.20 bits per heavy atom. The molecule has 0 bridgehead atoms. The van der Waals surface area contributed by atoms with Gasteiger partial charge in [0, 0.05) is 0 Å². The van der Waals surface area contributed by atoms with Crippen LogP contribution in [0.1, 0.15) is 139 Å². The molecule has 2 aliphatic carbocycles. The molecule has 0 nitrogen and oxygen atoms in total.